The summed E-state index contributed by atoms with van der Waals surface area (Å²) in [5.41, 5.74) is 1.37. The van der Waals surface area contributed by atoms with Crippen molar-refractivity contribution < 1.29 is 23.1 Å². The van der Waals surface area contributed by atoms with Crippen LogP contribution in [0.5, 0.6) is 0 Å². The zero-order chi connectivity index (χ0) is 24.1. The number of carboxylic acids is 1. The number of nitrogens with zero attached hydrogens (tertiary/aromatic N) is 5. The molecule has 33 heavy (non-hydrogen) atoms. The van der Waals surface area contributed by atoms with E-state index in [1.807, 2.05) is 20.8 Å². The molecule has 0 spiro atoms. The van der Waals surface area contributed by atoms with Gasteiger partial charge in [-0.3, -0.25) is 9.78 Å². The van der Waals surface area contributed by atoms with E-state index in [0.29, 0.717) is 36.4 Å². The fraction of sp³-hybridized carbons (Fsp3) is 0.478. The first-order chi connectivity index (χ1) is 15.4. The maximum absolute atomic E-state index is 12.9. The second-order valence-corrected chi connectivity index (χ2v) is 9.21. The molecule has 3 aromatic heterocycles. The highest BCUT2D eigenvalue weighted by atomic mass is 19.4. The molecule has 0 aromatic carbocycles. The van der Waals surface area contributed by atoms with Crippen molar-refractivity contribution in [1.29, 1.82) is 0 Å². The van der Waals surface area contributed by atoms with E-state index in [1.54, 1.807) is 17.5 Å². The molecule has 4 heterocycles. The van der Waals surface area contributed by atoms with E-state index in [2.05, 4.69) is 20.0 Å². The third-order valence-corrected chi connectivity index (χ3v) is 6.24. The Bertz CT molecular complexity index is 1200. The average Bonchev–Trinajstić information content (AvgIpc) is 3.15. The number of halogens is 3. The number of aliphatic carboxylic acids is 1. The van der Waals surface area contributed by atoms with Gasteiger partial charge in [0.05, 0.1) is 11.1 Å². The normalized spacial score (nSPS) is 19.5. The lowest BCUT2D eigenvalue weighted by atomic mass is 9.81. The van der Waals surface area contributed by atoms with Crippen LogP contribution in [0.25, 0.3) is 16.9 Å². The molecule has 0 unspecified atom stereocenters. The van der Waals surface area contributed by atoms with Crippen LogP contribution in [0.2, 0.25) is 0 Å². The zero-order valence-electron chi connectivity index (χ0n) is 18.9. The van der Waals surface area contributed by atoms with E-state index in [1.165, 1.54) is 6.07 Å². The van der Waals surface area contributed by atoms with Gasteiger partial charge in [0.15, 0.2) is 5.65 Å². The van der Waals surface area contributed by atoms with E-state index in [0.717, 1.165) is 35.8 Å². The third kappa shape index (κ3) is 4.14. The van der Waals surface area contributed by atoms with E-state index in [4.69, 9.17) is 0 Å². The van der Waals surface area contributed by atoms with Crippen LogP contribution in [0.1, 0.15) is 56.5 Å². The van der Waals surface area contributed by atoms with E-state index >= 15 is 0 Å². The Balaban J connectivity index is 1.86. The predicted octanol–water partition coefficient (Wildman–Crippen LogP) is 4.93. The van der Waals surface area contributed by atoms with Gasteiger partial charge in [-0.1, -0.05) is 13.8 Å². The van der Waals surface area contributed by atoms with Gasteiger partial charge in [-0.2, -0.15) is 22.8 Å². The molecule has 1 N–H and O–H groups in total. The van der Waals surface area contributed by atoms with Crippen molar-refractivity contribution in [3.05, 3.63) is 41.3 Å². The lowest BCUT2D eigenvalue weighted by molar-refractivity contribution is -0.148. The summed E-state index contributed by atoms with van der Waals surface area (Å²) in [6.45, 7) is 8.76. The molecule has 1 fully saturated rings. The number of piperidine rings is 1. The molecule has 1 aliphatic rings. The van der Waals surface area contributed by atoms with Gasteiger partial charge in [-0.05, 0) is 44.7 Å². The van der Waals surface area contributed by atoms with Gasteiger partial charge >= 0.3 is 12.1 Å². The molecule has 0 bridgehead atoms. The van der Waals surface area contributed by atoms with Gasteiger partial charge in [0.1, 0.15) is 11.5 Å². The molecule has 0 aliphatic carbocycles. The molecule has 0 amide bonds. The molecule has 0 radical (unpaired) electrons. The van der Waals surface area contributed by atoms with Crippen LogP contribution in [-0.2, 0) is 11.0 Å². The Morgan fingerprint density at radius 2 is 2.00 bits per heavy atom. The van der Waals surface area contributed by atoms with E-state index in [9.17, 15) is 23.1 Å². The lowest BCUT2D eigenvalue weighted by Crippen LogP contribution is -2.47. The number of hydrogen-bond acceptors (Lipinski definition) is 5. The van der Waals surface area contributed by atoms with Crippen molar-refractivity contribution in [2.75, 3.05) is 18.0 Å². The molecule has 0 saturated carbocycles. The van der Waals surface area contributed by atoms with Crippen molar-refractivity contribution in [3.63, 3.8) is 0 Å². The summed E-state index contributed by atoms with van der Waals surface area (Å²) in [6.07, 6.45) is -2.05. The number of pyridine rings is 1. The fourth-order valence-electron chi connectivity index (χ4n) is 4.54. The highest BCUT2D eigenvalue weighted by Gasteiger charge is 2.39. The van der Waals surface area contributed by atoms with Crippen LogP contribution in [0.4, 0.5) is 19.0 Å². The minimum atomic E-state index is -4.51. The van der Waals surface area contributed by atoms with Crippen LogP contribution in [0.15, 0.2) is 24.4 Å². The summed E-state index contributed by atoms with van der Waals surface area (Å²) < 4.78 is 40.4. The first-order valence-corrected chi connectivity index (χ1v) is 10.8. The number of aromatic nitrogens is 4. The maximum Gasteiger partial charge on any atom is 0.433 e. The maximum atomic E-state index is 12.9. The quantitative estimate of drug-likeness (QED) is 0.593. The largest absolute Gasteiger partial charge is 0.481 e. The second kappa shape index (κ2) is 8.00. The van der Waals surface area contributed by atoms with Crippen LogP contribution in [-0.4, -0.2) is 43.7 Å². The zero-order valence-corrected chi connectivity index (χ0v) is 18.9. The first-order valence-electron chi connectivity index (χ1n) is 10.8. The van der Waals surface area contributed by atoms with Crippen molar-refractivity contribution in [1.82, 2.24) is 19.6 Å². The van der Waals surface area contributed by atoms with Gasteiger partial charge in [0, 0.05) is 42.2 Å². The summed E-state index contributed by atoms with van der Waals surface area (Å²) in [4.78, 5) is 22.2. The standard InChI is InChI=1S/C23H26F3N5O2/c1-13(2)19-14(3)28-18-10-16(15-6-7-17(27-11-15)23(24,25)26)29-31(18)20(19)30-9-5-8-22(4,12-30)21(32)33/h6-7,10-11,13H,5,8-9,12H2,1-4H3,(H,32,33)/t22-/m0/s1. The molecule has 1 saturated heterocycles. The molecule has 176 valence electrons. The van der Waals surface area contributed by atoms with Gasteiger partial charge in [-0.25, -0.2) is 4.98 Å². The Hall–Kier alpha value is -3.17. The third-order valence-electron chi connectivity index (χ3n) is 6.24. The highest BCUT2D eigenvalue weighted by molar-refractivity contribution is 5.76. The molecule has 7 nitrogen and oxygen atoms in total. The minimum Gasteiger partial charge on any atom is -0.481 e. The summed E-state index contributed by atoms with van der Waals surface area (Å²) in [5.74, 6) is 0.0541. The van der Waals surface area contributed by atoms with Crippen LogP contribution in [0, 0.1) is 12.3 Å². The predicted molar refractivity (Wildman–Crippen MR) is 117 cm³/mol. The highest BCUT2D eigenvalue weighted by Crippen LogP contribution is 2.38. The Morgan fingerprint density at radius 3 is 2.58 bits per heavy atom. The summed E-state index contributed by atoms with van der Waals surface area (Å²) in [6, 6.07) is 3.99. The van der Waals surface area contributed by atoms with E-state index in [-0.39, 0.29) is 5.92 Å². The summed E-state index contributed by atoms with van der Waals surface area (Å²) in [7, 11) is 0. The number of alkyl halides is 3. The number of hydrogen-bond donors (Lipinski definition) is 1. The molecular formula is C23H26F3N5O2. The molecule has 3 aromatic rings. The van der Waals surface area contributed by atoms with E-state index < -0.39 is 23.3 Å². The van der Waals surface area contributed by atoms with Crippen LogP contribution in [0.3, 0.4) is 0 Å². The number of rotatable bonds is 4. The van der Waals surface area contributed by atoms with Gasteiger partial charge < -0.3 is 10.0 Å². The number of anilines is 1. The number of aryl methyl sites for hydroxylation is 1. The van der Waals surface area contributed by atoms with Crippen molar-refractivity contribution >= 4 is 17.4 Å². The van der Waals surface area contributed by atoms with Crippen molar-refractivity contribution in [2.24, 2.45) is 5.41 Å². The minimum absolute atomic E-state index is 0.107. The average molecular weight is 461 g/mol. The first kappa shape index (κ1) is 23.0. The molecule has 10 heteroatoms. The molecule has 1 aliphatic heterocycles. The lowest BCUT2D eigenvalue weighted by Gasteiger charge is -2.40. The Morgan fingerprint density at radius 1 is 1.27 bits per heavy atom. The van der Waals surface area contributed by atoms with Crippen LogP contribution >= 0.6 is 0 Å². The summed E-state index contributed by atoms with van der Waals surface area (Å²) >= 11 is 0. The van der Waals surface area contributed by atoms with Gasteiger partial charge in [0.2, 0.25) is 0 Å². The van der Waals surface area contributed by atoms with Crippen LogP contribution < -0.4 is 4.90 Å². The molecule has 4 rings (SSSR count). The molecule has 1 atom stereocenters. The second-order valence-electron chi connectivity index (χ2n) is 9.21. The number of fused-ring (bicyclic) bond motifs is 1. The number of carbonyl (C=O) groups is 1. The monoisotopic (exact) mass is 461 g/mol. The van der Waals surface area contributed by atoms with Crippen molar-refractivity contribution in [3.8, 4) is 11.3 Å². The molecular weight excluding hydrogens is 435 g/mol. The smallest absolute Gasteiger partial charge is 0.433 e. The van der Waals surface area contributed by atoms with Gasteiger partial charge in [0.25, 0.3) is 0 Å². The topological polar surface area (TPSA) is 83.6 Å². The van der Waals surface area contributed by atoms with Gasteiger partial charge in [-0.15, -0.1) is 0 Å². The Labute approximate surface area is 189 Å². The number of carboxylic acid groups (broad SMARTS) is 1. The van der Waals surface area contributed by atoms with Crippen molar-refractivity contribution in [2.45, 2.75) is 52.6 Å². The SMILES string of the molecule is Cc1nc2cc(-c3ccc(C(F)(F)F)nc3)nn2c(N2CCC[C@](C)(C(=O)O)C2)c1C(C)C. The fourth-order valence-corrected chi connectivity index (χ4v) is 4.54. The Kier molecular flexibility index (Phi) is 5.58. The summed E-state index contributed by atoms with van der Waals surface area (Å²) in [5, 5.41) is 14.5.